The van der Waals surface area contributed by atoms with Crippen LogP contribution in [0.1, 0.15) is 37.3 Å². The third-order valence-corrected chi connectivity index (χ3v) is 5.13. The number of hydrogen-bond donors (Lipinski definition) is 2. The summed E-state index contributed by atoms with van der Waals surface area (Å²) in [4.78, 5) is 6.92. The highest BCUT2D eigenvalue weighted by molar-refractivity contribution is 5.47. The molecule has 1 saturated carbocycles. The zero-order chi connectivity index (χ0) is 14.7. The normalized spacial score (nSPS) is 24.0. The first kappa shape index (κ1) is 14.8. The number of nitrogens with one attached hydrogen (secondary N) is 1. The van der Waals surface area contributed by atoms with E-state index in [0.29, 0.717) is 0 Å². The molecule has 1 aliphatic carbocycles. The predicted molar refractivity (Wildman–Crippen MR) is 84.0 cm³/mol. The average molecular weight is 290 g/mol. The Kier molecular flexibility index (Phi) is 4.42. The zero-order valence-electron chi connectivity index (χ0n) is 12.8. The van der Waals surface area contributed by atoms with Gasteiger partial charge in [0.05, 0.1) is 19.3 Å². The molecular formula is C16H26N4O. The summed E-state index contributed by atoms with van der Waals surface area (Å²) in [5.41, 5.74) is 8.35. The lowest BCUT2D eigenvalue weighted by molar-refractivity contribution is -0.0353. The van der Waals surface area contributed by atoms with E-state index in [1.165, 1.54) is 25.7 Å². The highest BCUT2D eigenvalue weighted by Crippen LogP contribution is 2.45. The van der Waals surface area contributed by atoms with Gasteiger partial charge in [-0.25, -0.2) is 0 Å². The van der Waals surface area contributed by atoms with Crippen LogP contribution in [0, 0.1) is 0 Å². The van der Waals surface area contributed by atoms with Gasteiger partial charge in [-0.1, -0.05) is 12.8 Å². The molecule has 2 aliphatic rings. The molecule has 1 saturated heterocycles. The van der Waals surface area contributed by atoms with Crippen LogP contribution in [0.2, 0.25) is 0 Å². The van der Waals surface area contributed by atoms with Crippen molar-refractivity contribution in [3.05, 3.63) is 24.0 Å². The van der Waals surface area contributed by atoms with E-state index in [1.807, 2.05) is 19.3 Å². The number of nitrogen functional groups attached to an aromatic ring is 1. The lowest BCUT2D eigenvalue weighted by atomic mass is 9.81. The first-order chi connectivity index (χ1) is 10.3. The number of aromatic nitrogens is 1. The molecule has 3 N–H and O–H groups in total. The largest absolute Gasteiger partial charge is 0.398 e. The van der Waals surface area contributed by atoms with Crippen molar-refractivity contribution in [2.45, 2.75) is 37.3 Å². The van der Waals surface area contributed by atoms with Crippen molar-refractivity contribution in [2.75, 3.05) is 39.1 Å². The Morgan fingerprint density at radius 1 is 1.33 bits per heavy atom. The van der Waals surface area contributed by atoms with Gasteiger partial charge in [0.25, 0.3) is 0 Å². The first-order valence-electron chi connectivity index (χ1n) is 7.97. The fourth-order valence-corrected chi connectivity index (χ4v) is 4.16. The molecule has 116 valence electrons. The van der Waals surface area contributed by atoms with Crippen molar-refractivity contribution in [3.8, 4) is 0 Å². The van der Waals surface area contributed by atoms with Crippen LogP contribution < -0.4 is 11.1 Å². The standard InChI is InChI=1S/C16H26N4O/c1-18-15(13-12-19-7-4-14(13)17)16(5-2-3-6-16)20-8-10-21-11-9-20/h4,7,12,15,18H,2-3,5-6,8-11H2,1H3,(H2,17,19). The van der Waals surface area contributed by atoms with Gasteiger partial charge in [-0.2, -0.15) is 0 Å². The van der Waals surface area contributed by atoms with Gasteiger partial charge < -0.3 is 15.8 Å². The summed E-state index contributed by atoms with van der Waals surface area (Å²) in [5.74, 6) is 0. The minimum atomic E-state index is 0.148. The van der Waals surface area contributed by atoms with Crippen molar-refractivity contribution < 1.29 is 4.74 Å². The maximum atomic E-state index is 6.23. The maximum absolute atomic E-state index is 6.23. The Labute approximate surface area is 126 Å². The van der Waals surface area contributed by atoms with E-state index in [9.17, 15) is 0 Å². The number of nitrogens with zero attached hydrogens (tertiary/aromatic N) is 2. The SMILES string of the molecule is CNC(c1cnccc1N)C1(N2CCOCC2)CCCC1. The summed E-state index contributed by atoms with van der Waals surface area (Å²) >= 11 is 0. The molecule has 0 spiro atoms. The molecule has 1 aliphatic heterocycles. The van der Waals surface area contributed by atoms with Gasteiger partial charge >= 0.3 is 0 Å². The summed E-state index contributed by atoms with van der Waals surface area (Å²) in [5, 5.41) is 3.54. The van der Waals surface area contributed by atoms with Gasteiger partial charge in [0, 0.05) is 42.3 Å². The fraction of sp³-hybridized carbons (Fsp3) is 0.688. The smallest absolute Gasteiger partial charge is 0.0594 e. The Morgan fingerprint density at radius 2 is 2.05 bits per heavy atom. The van der Waals surface area contributed by atoms with Gasteiger partial charge in [-0.3, -0.25) is 9.88 Å². The summed E-state index contributed by atoms with van der Waals surface area (Å²) in [7, 11) is 2.04. The minimum absolute atomic E-state index is 0.148. The summed E-state index contributed by atoms with van der Waals surface area (Å²) in [6, 6.07) is 2.13. The number of hydrogen-bond acceptors (Lipinski definition) is 5. The molecule has 0 bridgehead atoms. The topological polar surface area (TPSA) is 63.4 Å². The molecule has 21 heavy (non-hydrogen) atoms. The van der Waals surface area contributed by atoms with Crippen LogP contribution in [0.3, 0.4) is 0 Å². The number of nitrogens with two attached hydrogens (primary N) is 1. The molecule has 1 unspecified atom stereocenters. The molecule has 5 heteroatoms. The zero-order valence-corrected chi connectivity index (χ0v) is 12.8. The monoisotopic (exact) mass is 290 g/mol. The molecule has 0 aromatic carbocycles. The second-order valence-corrected chi connectivity index (χ2v) is 6.14. The first-order valence-corrected chi connectivity index (χ1v) is 7.97. The predicted octanol–water partition coefficient (Wildman–Crippen LogP) is 1.57. The van der Waals surface area contributed by atoms with Gasteiger partial charge in [-0.05, 0) is 26.0 Å². The molecular weight excluding hydrogens is 264 g/mol. The number of likely N-dealkylation sites (N-methyl/N-ethyl adjacent to an activating group) is 1. The number of rotatable bonds is 4. The van der Waals surface area contributed by atoms with Crippen LogP contribution in [-0.2, 0) is 4.74 Å². The van der Waals surface area contributed by atoms with Gasteiger partial charge in [0.1, 0.15) is 0 Å². The van der Waals surface area contributed by atoms with Crippen LogP contribution in [0.5, 0.6) is 0 Å². The van der Waals surface area contributed by atoms with Crippen molar-refractivity contribution >= 4 is 5.69 Å². The molecule has 0 radical (unpaired) electrons. The lowest BCUT2D eigenvalue weighted by Crippen LogP contribution is -2.58. The van der Waals surface area contributed by atoms with Crippen molar-refractivity contribution in [1.82, 2.24) is 15.2 Å². The Morgan fingerprint density at radius 3 is 2.67 bits per heavy atom. The second kappa shape index (κ2) is 6.30. The third kappa shape index (κ3) is 2.65. The van der Waals surface area contributed by atoms with E-state index in [-0.39, 0.29) is 11.6 Å². The minimum Gasteiger partial charge on any atom is -0.398 e. The van der Waals surface area contributed by atoms with Crippen molar-refractivity contribution in [2.24, 2.45) is 0 Å². The molecule has 3 rings (SSSR count). The summed E-state index contributed by atoms with van der Waals surface area (Å²) < 4.78 is 5.55. The van der Waals surface area contributed by atoms with Crippen molar-refractivity contribution in [1.29, 1.82) is 0 Å². The van der Waals surface area contributed by atoms with Crippen LogP contribution in [0.4, 0.5) is 5.69 Å². The van der Waals surface area contributed by atoms with E-state index in [4.69, 9.17) is 10.5 Å². The van der Waals surface area contributed by atoms with Crippen LogP contribution in [0.15, 0.2) is 18.5 Å². The number of pyridine rings is 1. The fourth-order valence-electron chi connectivity index (χ4n) is 4.16. The molecule has 2 fully saturated rings. The highest BCUT2D eigenvalue weighted by Gasteiger charge is 2.46. The quantitative estimate of drug-likeness (QED) is 0.881. The van der Waals surface area contributed by atoms with E-state index in [0.717, 1.165) is 37.6 Å². The van der Waals surface area contributed by atoms with Gasteiger partial charge in [0.2, 0.25) is 0 Å². The number of morpholine rings is 1. The molecule has 5 nitrogen and oxygen atoms in total. The van der Waals surface area contributed by atoms with E-state index in [1.54, 1.807) is 6.20 Å². The molecule has 1 atom stereocenters. The maximum Gasteiger partial charge on any atom is 0.0594 e. The second-order valence-electron chi connectivity index (χ2n) is 6.14. The third-order valence-electron chi connectivity index (χ3n) is 5.13. The highest BCUT2D eigenvalue weighted by atomic mass is 16.5. The van der Waals surface area contributed by atoms with E-state index in [2.05, 4.69) is 15.2 Å². The lowest BCUT2D eigenvalue weighted by Gasteiger charge is -2.48. The number of anilines is 1. The molecule has 1 aromatic rings. The Hall–Kier alpha value is -1.17. The van der Waals surface area contributed by atoms with Gasteiger partial charge in [-0.15, -0.1) is 0 Å². The van der Waals surface area contributed by atoms with E-state index >= 15 is 0 Å². The van der Waals surface area contributed by atoms with Crippen molar-refractivity contribution in [3.63, 3.8) is 0 Å². The van der Waals surface area contributed by atoms with Crippen LogP contribution in [-0.4, -0.2) is 48.8 Å². The molecule has 0 amide bonds. The Balaban J connectivity index is 1.96. The molecule has 1 aromatic heterocycles. The average Bonchev–Trinajstić information content (AvgIpc) is 3.01. The van der Waals surface area contributed by atoms with Crippen LogP contribution in [0.25, 0.3) is 0 Å². The number of ether oxygens (including phenoxy) is 1. The summed E-state index contributed by atoms with van der Waals surface area (Å²) in [6.45, 7) is 3.69. The Bertz CT molecular complexity index is 467. The van der Waals surface area contributed by atoms with Crippen LogP contribution >= 0.6 is 0 Å². The van der Waals surface area contributed by atoms with E-state index < -0.39 is 0 Å². The van der Waals surface area contributed by atoms with Gasteiger partial charge in [0.15, 0.2) is 0 Å². The summed E-state index contributed by atoms with van der Waals surface area (Å²) in [6.07, 6.45) is 8.70. The molecule has 2 heterocycles.